The van der Waals surface area contributed by atoms with Gasteiger partial charge in [0.05, 0.1) is 3.79 Å². The number of thiophene rings is 1. The van der Waals surface area contributed by atoms with E-state index < -0.39 is 10.0 Å². The van der Waals surface area contributed by atoms with Crippen molar-refractivity contribution in [3.05, 3.63) is 34.1 Å². The smallest absolute Gasteiger partial charge is 0.252 e. The Morgan fingerprint density at radius 3 is 2.59 bits per heavy atom. The van der Waals surface area contributed by atoms with Gasteiger partial charge in [-0.05, 0) is 53.0 Å². The highest BCUT2D eigenvalue weighted by molar-refractivity contribution is 9.11. The third-order valence-corrected chi connectivity index (χ3v) is 8.60. The van der Waals surface area contributed by atoms with E-state index >= 15 is 0 Å². The number of fused-ring (bicyclic) bond motifs is 1. The number of benzene rings is 1. The van der Waals surface area contributed by atoms with Gasteiger partial charge in [0.1, 0.15) is 4.21 Å². The normalized spacial score (nSPS) is 17.8. The molecule has 1 aromatic carbocycles. The number of sulfonamides is 1. The van der Waals surface area contributed by atoms with E-state index in [4.69, 9.17) is 9.47 Å². The van der Waals surface area contributed by atoms with Crippen molar-refractivity contribution in [3.8, 4) is 11.5 Å². The van der Waals surface area contributed by atoms with Gasteiger partial charge in [-0.15, -0.1) is 11.3 Å². The molecule has 0 aliphatic carbocycles. The predicted molar refractivity (Wildman–Crippen MR) is 105 cm³/mol. The second-order valence-corrected chi connectivity index (χ2v) is 10.9. The van der Waals surface area contributed by atoms with E-state index in [9.17, 15) is 13.2 Å². The molecule has 27 heavy (non-hydrogen) atoms. The molecule has 0 spiro atoms. The fourth-order valence-electron chi connectivity index (χ4n) is 3.14. The number of carbonyl (C=O) groups is 1. The van der Waals surface area contributed by atoms with Crippen LogP contribution in [0.15, 0.2) is 38.3 Å². The summed E-state index contributed by atoms with van der Waals surface area (Å²) >= 11 is 4.49. The van der Waals surface area contributed by atoms with E-state index in [2.05, 4.69) is 21.2 Å². The average molecular weight is 473 g/mol. The van der Waals surface area contributed by atoms with Crippen molar-refractivity contribution in [1.82, 2.24) is 4.31 Å². The molecule has 7 nitrogen and oxygen atoms in total. The maximum atomic E-state index is 12.7. The largest absolute Gasteiger partial charge is 0.454 e. The Morgan fingerprint density at radius 1 is 1.15 bits per heavy atom. The lowest BCUT2D eigenvalue weighted by Gasteiger charge is -2.30. The molecule has 2 aromatic rings. The first-order valence-electron chi connectivity index (χ1n) is 8.39. The van der Waals surface area contributed by atoms with Gasteiger partial charge in [0.2, 0.25) is 12.7 Å². The van der Waals surface area contributed by atoms with Crippen LogP contribution in [0.5, 0.6) is 11.5 Å². The Labute approximate surface area is 169 Å². The van der Waals surface area contributed by atoms with Gasteiger partial charge in [-0.3, -0.25) is 4.79 Å². The molecule has 1 N–H and O–H groups in total. The van der Waals surface area contributed by atoms with E-state index in [0.29, 0.717) is 47.3 Å². The number of hydrogen-bond acceptors (Lipinski definition) is 6. The number of piperidine rings is 1. The highest BCUT2D eigenvalue weighted by atomic mass is 79.9. The highest BCUT2D eigenvalue weighted by Gasteiger charge is 2.33. The Hall–Kier alpha value is -1.62. The van der Waals surface area contributed by atoms with Crippen LogP contribution in [0, 0.1) is 5.92 Å². The highest BCUT2D eigenvalue weighted by Crippen LogP contribution is 2.35. The van der Waals surface area contributed by atoms with Gasteiger partial charge in [0.15, 0.2) is 11.5 Å². The van der Waals surface area contributed by atoms with Crippen molar-refractivity contribution >= 4 is 48.9 Å². The first kappa shape index (κ1) is 18.7. The number of nitrogens with zero attached hydrogens (tertiary/aromatic N) is 1. The second-order valence-electron chi connectivity index (χ2n) is 6.29. The van der Waals surface area contributed by atoms with Gasteiger partial charge >= 0.3 is 0 Å². The summed E-state index contributed by atoms with van der Waals surface area (Å²) in [5, 5.41) is 2.88. The molecule has 0 radical (unpaired) electrons. The van der Waals surface area contributed by atoms with Gasteiger partial charge in [-0.1, -0.05) is 0 Å². The summed E-state index contributed by atoms with van der Waals surface area (Å²) in [5.41, 5.74) is 0.641. The molecule has 1 saturated heterocycles. The summed E-state index contributed by atoms with van der Waals surface area (Å²) in [4.78, 5) is 12.5. The van der Waals surface area contributed by atoms with Gasteiger partial charge < -0.3 is 14.8 Å². The molecule has 0 unspecified atom stereocenters. The molecular formula is C17H17BrN2O5S2. The van der Waals surface area contributed by atoms with Crippen molar-refractivity contribution in [3.63, 3.8) is 0 Å². The molecule has 1 fully saturated rings. The fourth-order valence-corrected chi connectivity index (χ4v) is 6.77. The van der Waals surface area contributed by atoms with Gasteiger partial charge in [0, 0.05) is 30.8 Å². The monoisotopic (exact) mass is 472 g/mol. The average Bonchev–Trinajstić information content (AvgIpc) is 3.30. The zero-order valence-electron chi connectivity index (χ0n) is 14.2. The van der Waals surface area contributed by atoms with Crippen LogP contribution in [0.2, 0.25) is 0 Å². The van der Waals surface area contributed by atoms with E-state index in [1.165, 1.54) is 15.6 Å². The molecular weight excluding hydrogens is 456 g/mol. The summed E-state index contributed by atoms with van der Waals surface area (Å²) in [6.07, 6.45) is 0.977. The van der Waals surface area contributed by atoms with Gasteiger partial charge in [-0.2, -0.15) is 4.31 Å². The van der Waals surface area contributed by atoms with E-state index in [1.807, 2.05) is 0 Å². The van der Waals surface area contributed by atoms with Crippen LogP contribution in [0.1, 0.15) is 12.8 Å². The second kappa shape index (κ2) is 7.42. The third-order valence-electron chi connectivity index (χ3n) is 4.61. The van der Waals surface area contributed by atoms with Gasteiger partial charge in [0.25, 0.3) is 10.0 Å². The summed E-state index contributed by atoms with van der Waals surface area (Å²) in [6.45, 7) is 0.842. The first-order valence-corrected chi connectivity index (χ1v) is 11.4. The lowest BCUT2D eigenvalue weighted by atomic mass is 9.97. The molecule has 2 aliphatic heterocycles. The summed E-state index contributed by atoms with van der Waals surface area (Å²) < 4.78 is 38.4. The van der Waals surface area contributed by atoms with Crippen LogP contribution < -0.4 is 14.8 Å². The quantitative estimate of drug-likeness (QED) is 0.737. The predicted octanol–water partition coefficient (Wildman–Crippen LogP) is 3.28. The molecule has 3 heterocycles. The maximum absolute atomic E-state index is 12.7. The van der Waals surface area contributed by atoms with Crippen LogP contribution in [0.4, 0.5) is 5.69 Å². The van der Waals surface area contributed by atoms with Crippen molar-refractivity contribution in [1.29, 1.82) is 0 Å². The van der Waals surface area contributed by atoms with Gasteiger partial charge in [-0.25, -0.2) is 8.42 Å². The van der Waals surface area contributed by atoms with Crippen LogP contribution in [-0.2, 0) is 14.8 Å². The molecule has 0 atom stereocenters. The SMILES string of the molecule is O=C(Nc1ccc2c(c1)OCO2)C1CCN(S(=O)(=O)c2ccc(Br)s2)CC1. The molecule has 0 bridgehead atoms. The van der Waals surface area contributed by atoms with Crippen molar-refractivity contribution in [2.75, 3.05) is 25.2 Å². The first-order chi connectivity index (χ1) is 12.9. The third kappa shape index (κ3) is 3.84. The van der Waals surface area contributed by atoms with Crippen LogP contribution in [-0.4, -0.2) is 38.5 Å². The van der Waals surface area contributed by atoms with Crippen molar-refractivity contribution in [2.45, 2.75) is 17.1 Å². The van der Waals surface area contributed by atoms with E-state index in [-0.39, 0.29) is 18.6 Å². The Kier molecular flexibility index (Phi) is 5.15. The molecule has 1 aromatic heterocycles. The minimum Gasteiger partial charge on any atom is -0.454 e. The molecule has 144 valence electrons. The van der Waals surface area contributed by atoms with E-state index in [0.717, 1.165) is 3.79 Å². The molecule has 4 rings (SSSR count). The molecule has 10 heteroatoms. The number of ether oxygens (including phenoxy) is 2. The van der Waals surface area contributed by atoms with Crippen molar-refractivity contribution < 1.29 is 22.7 Å². The lowest BCUT2D eigenvalue weighted by molar-refractivity contribution is -0.120. The number of carbonyl (C=O) groups excluding carboxylic acids is 1. The minimum absolute atomic E-state index is 0.107. The zero-order valence-corrected chi connectivity index (χ0v) is 17.4. The minimum atomic E-state index is -3.50. The van der Waals surface area contributed by atoms with Crippen molar-refractivity contribution in [2.24, 2.45) is 5.92 Å². The molecule has 2 aliphatic rings. The zero-order chi connectivity index (χ0) is 19.0. The number of rotatable bonds is 4. The number of nitrogens with one attached hydrogen (secondary N) is 1. The summed E-state index contributed by atoms with van der Waals surface area (Å²) in [6, 6.07) is 8.58. The number of amides is 1. The van der Waals surface area contributed by atoms with Crippen LogP contribution >= 0.6 is 27.3 Å². The topological polar surface area (TPSA) is 84.9 Å². The Bertz CT molecular complexity index is 967. The Balaban J connectivity index is 1.37. The summed E-state index contributed by atoms with van der Waals surface area (Å²) in [5.74, 6) is 0.935. The lowest BCUT2D eigenvalue weighted by Crippen LogP contribution is -2.41. The molecule has 0 saturated carbocycles. The maximum Gasteiger partial charge on any atom is 0.252 e. The number of hydrogen-bond donors (Lipinski definition) is 1. The molecule has 1 amide bonds. The Morgan fingerprint density at radius 2 is 1.89 bits per heavy atom. The standard InChI is InChI=1S/C17H17BrN2O5S2/c18-15-3-4-16(26-15)27(22,23)20-7-5-11(6-8-20)17(21)19-12-1-2-13-14(9-12)25-10-24-13/h1-4,9,11H,5-8,10H2,(H,19,21). The number of anilines is 1. The summed E-state index contributed by atoms with van der Waals surface area (Å²) in [7, 11) is -3.50. The fraction of sp³-hybridized carbons (Fsp3) is 0.353. The number of halogens is 1. The van der Waals surface area contributed by atoms with Crippen LogP contribution in [0.25, 0.3) is 0 Å². The van der Waals surface area contributed by atoms with E-state index in [1.54, 1.807) is 30.3 Å². The van der Waals surface area contributed by atoms with Crippen LogP contribution in [0.3, 0.4) is 0 Å².